The topological polar surface area (TPSA) is 31.2 Å². The highest BCUT2D eigenvalue weighted by Crippen LogP contribution is 2.39. The van der Waals surface area contributed by atoms with E-state index >= 15 is 0 Å². The maximum Gasteiger partial charge on any atom is 0.335 e. The van der Waals surface area contributed by atoms with Crippen molar-refractivity contribution in [1.82, 2.24) is 4.57 Å². The van der Waals surface area contributed by atoms with E-state index in [-0.39, 0.29) is 5.97 Å². The first-order valence-corrected chi connectivity index (χ1v) is 11.4. The van der Waals surface area contributed by atoms with Crippen LogP contribution in [0.2, 0.25) is 0 Å². The van der Waals surface area contributed by atoms with Crippen molar-refractivity contribution in [3.05, 3.63) is 51.0 Å². The molecule has 2 heterocycles. The van der Waals surface area contributed by atoms with E-state index in [9.17, 15) is 4.79 Å². The Morgan fingerprint density at radius 3 is 2.73 bits per heavy atom. The first-order valence-electron chi connectivity index (χ1n) is 11.4. The van der Waals surface area contributed by atoms with Gasteiger partial charge in [0.25, 0.3) is 0 Å². The number of carbonyl (C=O) groups excluding carboxylic acids is 1. The Morgan fingerprint density at radius 1 is 1.17 bits per heavy atom. The number of methoxy groups -OCH3 is 1. The summed E-state index contributed by atoms with van der Waals surface area (Å²) >= 11 is 0. The number of fused-ring (bicyclic) bond motifs is 5. The highest BCUT2D eigenvalue weighted by molar-refractivity contribution is 5.96. The molecule has 30 heavy (non-hydrogen) atoms. The second kappa shape index (κ2) is 7.61. The Balaban J connectivity index is 1.85. The van der Waals surface area contributed by atoms with Gasteiger partial charge in [0, 0.05) is 10.9 Å². The molecule has 1 aromatic carbocycles. The second-order valence-corrected chi connectivity index (χ2v) is 9.32. The molecular weight excluding hydrogens is 370 g/mol. The summed E-state index contributed by atoms with van der Waals surface area (Å²) in [5, 5.41) is 2.72. The smallest absolute Gasteiger partial charge is 0.335 e. The monoisotopic (exact) mass is 401 g/mol. The summed E-state index contributed by atoms with van der Waals surface area (Å²) in [6.45, 7) is 4.97. The molecule has 0 N–H and O–H groups in total. The highest BCUT2D eigenvalue weighted by atomic mass is 16.5. The maximum atomic E-state index is 12.6. The van der Waals surface area contributed by atoms with Crippen molar-refractivity contribution in [1.29, 1.82) is 0 Å². The second-order valence-electron chi connectivity index (χ2n) is 9.32. The first kappa shape index (κ1) is 19.4. The van der Waals surface area contributed by atoms with Crippen LogP contribution in [0.5, 0.6) is 0 Å². The van der Waals surface area contributed by atoms with E-state index in [1.54, 1.807) is 0 Å². The molecule has 0 radical (unpaired) electrons. The van der Waals surface area contributed by atoms with Crippen molar-refractivity contribution in [2.45, 2.75) is 64.8 Å². The lowest BCUT2D eigenvalue weighted by Gasteiger charge is -2.24. The number of aryl methyl sites for hydroxylation is 1. The van der Waals surface area contributed by atoms with Crippen molar-refractivity contribution in [2.75, 3.05) is 7.11 Å². The van der Waals surface area contributed by atoms with E-state index in [1.165, 1.54) is 72.2 Å². The van der Waals surface area contributed by atoms with Gasteiger partial charge in [-0.25, -0.2) is 4.79 Å². The zero-order valence-corrected chi connectivity index (χ0v) is 18.3. The molecule has 1 unspecified atom stereocenters. The van der Waals surface area contributed by atoms with Gasteiger partial charge in [0.2, 0.25) is 0 Å². The summed E-state index contributed by atoms with van der Waals surface area (Å²) in [7, 11) is 1.48. The maximum absolute atomic E-state index is 12.6. The summed E-state index contributed by atoms with van der Waals surface area (Å²) in [5.74, 6) is 0.891. The molecule has 1 aromatic heterocycles. The highest BCUT2D eigenvalue weighted by Gasteiger charge is 2.29. The molecule has 1 fully saturated rings. The van der Waals surface area contributed by atoms with Gasteiger partial charge >= 0.3 is 5.97 Å². The molecule has 3 heteroatoms. The van der Waals surface area contributed by atoms with E-state index in [2.05, 4.69) is 48.8 Å². The Morgan fingerprint density at radius 2 is 1.97 bits per heavy atom. The lowest BCUT2D eigenvalue weighted by Crippen LogP contribution is -2.35. The fourth-order valence-electron chi connectivity index (χ4n) is 5.65. The van der Waals surface area contributed by atoms with Gasteiger partial charge in [0.15, 0.2) is 0 Å². The zero-order chi connectivity index (χ0) is 20.8. The first-order chi connectivity index (χ1) is 14.6. The number of benzene rings is 1. The molecule has 0 spiro atoms. The number of nitrogens with zero attached hydrogens (tertiary/aromatic N) is 1. The number of esters is 1. The van der Waals surface area contributed by atoms with E-state index in [4.69, 9.17) is 4.74 Å². The minimum atomic E-state index is -0.232. The van der Waals surface area contributed by atoms with Crippen molar-refractivity contribution in [3.8, 4) is 11.3 Å². The summed E-state index contributed by atoms with van der Waals surface area (Å²) in [6.07, 6.45) is 14.5. The van der Waals surface area contributed by atoms with E-state index in [0.29, 0.717) is 18.4 Å². The van der Waals surface area contributed by atoms with E-state index in [1.807, 2.05) is 6.08 Å². The van der Waals surface area contributed by atoms with Gasteiger partial charge in [0.05, 0.1) is 24.9 Å². The number of carbonyl (C=O) groups is 1. The fourth-order valence-corrected chi connectivity index (χ4v) is 5.65. The molecule has 3 aliphatic rings. The average molecular weight is 402 g/mol. The third kappa shape index (κ3) is 3.15. The van der Waals surface area contributed by atoms with Crippen molar-refractivity contribution in [3.63, 3.8) is 0 Å². The van der Waals surface area contributed by atoms with Crippen LogP contribution in [-0.4, -0.2) is 17.6 Å². The largest absolute Gasteiger partial charge is 0.466 e. The number of ether oxygens (including phenoxy) is 1. The number of hydrogen-bond donors (Lipinski definition) is 0. The number of rotatable bonds is 2. The van der Waals surface area contributed by atoms with Gasteiger partial charge in [0.1, 0.15) is 0 Å². The predicted molar refractivity (Wildman–Crippen MR) is 122 cm³/mol. The molecular formula is C27H31NO2. The lowest BCUT2D eigenvalue weighted by atomic mass is 9.81. The molecule has 156 valence electrons. The summed E-state index contributed by atoms with van der Waals surface area (Å²) in [5.41, 5.74) is 7.18. The Labute approximate surface area is 178 Å². The van der Waals surface area contributed by atoms with Crippen LogP contribution in [0.4, 0.5) is 0 Å². The Kier molecular flexibility index (Phi) is 4.92. The number of hydrogen-bond acceptors (Lipinski definition) is 2. The standard InChI is InChI=1S/C27H31NO2/c1-17-9-11-22-20(13-17)15-21(27(29)30-3)16-28-24-14-18(2)10-12-23(24)25(26(22)28)19-7-5-4-6-8-19/h9,11-15,18-19H,4-8,10,16H2,1-3H3. The van der Waals surface area contributed by atoms with E-state index < -0.39 is 0 Å². The predicted octanol–water partition coefficient (Wildman–Crippen LogP) is 4.68. The number of aromatic nitrogens is 1. The van der Waals surface area contributed by atoms with Gasteiger partial charge in [-0.05, 0) is 60.4 Å². The summed E-state index contributed by atoms with van der Waals surface area (Å²) in [4.78, 5) is 12.6. The Bertz CT molecular complexity index is 1160. The molecule has 1 atom stereocenters. The van der Waals surface area contributed by atoms with Crippen LogP contribution >= 0.6 is 0 Å². The molecule has 1 saturated carbocycles. The third-order valence-electron chi connectivity index (χ3n) is 7.10. The van der Waals surface area contributed by atoms with Gasteiger partial charge in [-0.1, -0.05) is 62.1 Å². The zero-order valence-electron chi connectivity index (χ0n) is 18.3. The van der Waals surface area contributed by atoms with Crippen molar-refractivity contribution < 1.29 is 9.53 Å². The van der Waals surface area contributed by atoms with Crippen molar-refractivity contribution in [2.24, 2.45) is 5.92 Å². The van der Waals surface area contributed by atoms with Crippen LogP contribution in [0.3, 0.4) is 0 Å². The quantitative estimate of drug-likeness (QED) is 0.684. The molecule has 5 rings (SSSR count). The van der Waals surface area contributed by atoms with Crippen LogP contribution in [0.25, 0.3) is 29.5 Å². The van der Waals surface area contributed by atoms with Gasteiger partial charge < -0.3 is 9.30 Å². The van der Waals surface area contributed by atoms with Gasteiger partial charge in [-0.2, -0.15) is 0 Å². The van der Waals surface area contributed by atoms with Crippen LogP contribution in [0.1, 0.15) is 68.1 Å². The molecule has 3 nitrogen and oxygen atoms in total. The van der Waals surface area contributed by atoms with Crippen LogP contribution in [-0.2, 0) is 16.1 Å². The molecule has 1 aliphatic heterocycles. The molecule has 0 amide bonds. The summed E-state index contributed by atoms with van der Waals surface area (Å²) < 4.78 is 7.57. The Hall–Kier alpha value is -2.55. The fraction of sp³-hybridized carbons (Fsp3) is 0.444. The van der Waals surface area contributed by atoms with Crippen LogP contribution in [0.15, 0.2) is 23.8 Å². The third-order valence-corrected chi connectivity index (χ3v) is 7.10. The van der Waals surface area contributed by atoms with Crippen molar-refractivity contribution >= 4 is 24.2 Å². The summed E-state index contributed by atoms with van der Waals surface area (Å²) in [6, 6.07) is 6.67. The average Bonchev–Trinajstić information content (AvgIpc) is 2.96. The lowest BCUT2D eigenvalue weighted by molar-refractivity contribution is -0.136. The minimum Gasteiger partial charge on any atom is -0.466 e. The van der Waals surface area contributed by atoms with Crippen LogP contribution in [0, 0.1) is 12.8 Å². The SMILES string of the molecule is COC(=O)C1=Cc2cc(C)ccc2-c2c(C3CCCCC3)c3c(n2C1)=CC(C)CC=3. The van der Waals surface area contributed by atoms with Gasteiger partial charge in [-0.3, -0.25) is 0 Å². The van der Waals surface area contributed by atoms with E-state index in [0.717, 1.165) is 17.6 Å². The molecule has 0 bridgehead atoms. The normalized spacial score (nSPS) is 20.6. The minimum absolute atomic E-state index is 0.232. The molecule has 2 aliphatic carbocycles. The van der Waals surface area contributed by atoms with Gasteiger partial charge in [-0.15, -0.1) is 0 Å². The molecule has 0 saturated heterocycles. The van der Waals surface area contributed by atoms with Crippen LogP contribution < -0.4 is 10.6 Å². The molecule has 2 aromatic rings.